The van der Waals surface area contributed by atoms with E-state index in [0.717, 1.165) is 42.6 Å². The maximum absolute atomic E-state index is 12.8. The van der Waals surface area contributed by atoms with E-state index >= 15 is 0 Å². The van der Waals surface area contributed by atoms with Gasteiger partial charge >= 0.3 is 7.60 Å². The van der Waals surface area contributed by atoms with Crippen molar-refractivity contribution in [3.8, 4) is 5.75 Å². The minimum absolute atomic E-state index is 0.160. The molecule has 0 aromatic heterocycles. The second-order valence-electron chi connectivity index (χ2n) is 9.24. The summed E-state index contributed by atoms with van der Waals surface area (Å²) in [5.41, 5.74) is 3.39. The highest BCUT2D eigenvalue weighted by atomic mass is 31.2. The van der Waals surface area contributed by atoms with Crippen molar-refractivity contribution in [2.45, 2.75) is 64.5 Å². The van der Waals surface area contributed by atoms with Crippen LogP contribution in [0.2, 0.25) is 0 Å². The number of methoxy groups -OCH3 is 1. The van der Waals surface area contributed by atoms with Gasteiger partial charge in [-0.15, -0.1) is 0 Å². The lowest BCUT2D eigenvalue weighted by atomic mass is 9.78. The Morgan fingerprint density at radius 3 is 2.30 bits per heavy atom. The molecular formula is C25H39O7P. The van der Waals surface area contributed by atoms with E-state index in [1.807, 2.05) is 6.08 Å². The molecule has 1 aromatic rings. The number of benzene rings is 1. The molecule has 1 aliphatic carbocycles. The van der Waals surface area contributed by atoms with E-state index in [1.54, 1.807) is 14.0 Å². The van der Waals surface area contributed by atoms with Crippen LogP contribution in [0.25, 0.3) is 6.08 Å². The van der Waals surface area contributed by atoms with Gasteiger partial charge in [-0.25, -0.2) is 0 Å². The average Bonchev–Trinajstić information content (AvgIpc) is 2.80. The quantitative estimate of drug-likeness (QED) is 0.173. The first-order valence-corrected chi connectivity index (χ1v) is 13.0. The Morgan fingerprint density at radius 2 is 1.73 bits per heavy atom. The van der Waals surface area contributed by atoms with Gasteiger partial charge in [0.2, 0.25) is 0 Å². The Labute approximate surface area is 198 Å². The van der Waals surface area contributed by atoms with Gasteiger partial charge in [0.25, 0.3) is 0 Å². The summed E-state index contributed by atoms with van der Waals surface area (Å²) in [4.78, 5) is 12.8. The molecule has 0 amide bonds. The number of fused-ring (bicyclic) bond motifs is 1. The smallest absolute Gasteiger partial charge is 0.340 e. The molecule has 0 radical (unpaired) electrons. The van der Waals surface area contributed by atoms with Crippen LogP contribution in [-0.2, 0) is 46.1 Å². The van der Waals surface area contributed by atoms with E-state index in [2.05, 4.69) is 26.8 Å². The van der Waals surface area contributed by atoms with Crippen molar-refractivity contribution in [2.75, 3.05) is 41.3 Å². The molecule has 8 heteroatoms. The van der Waals surface area contributed by atoms with Crippen molar-refractivity contribution in [1.82, 2.24) is 0 Å². The van der Waals surface area contributed by atoms with E-state index in [1.165, 1.54) is 31.4 Å². The van der Waals surface area contributed by atoms with Crippen molar-refractivity contribution in [1.29, 1.82) is 0 Å². The van der Waals surface area contributed by atoms with Gasteiger partial charge in [0.05, 0.1) is 13.2 Å². The molecule has 0 N–H and O–H groups in total. The van der Waals surface area contributed by atoms with Gasteiger partial charge < -0.3 is 23.3 Å². The van der Waals surface area contributed by atoms with E-state index in [9.17, 15) is 9.36 Å². The van der Waals surface area contributed by atoms with Crippen molar-refractivity contribution < 1.29 is 32.6 Å². The molecule has 0 aliphatic heterocycles. The summed E-state index contributed by atoms with van der Waals surface area (Å²) in [6.45, 7) is 9.14. The Morgan fingerprint density at radius 1 is 1.09 bits per heavy atom. The number of rotatable bonds is 12. The number of ketones is 1. The van der Waals surface area contributed by atoms with Gasteiger partial charge in [-0.1, -0.05) is 26.8 Å². The van der Waals surface area contributed by atoms with E-state index in [0.29, 0.717) is 13.2 Å². The van der Waals surface area contributed by atoms with Crippen molar-refractivity contribution in [2.24, 2.45) is 0 Å². The molecule has 2 rings (SSSR count). The summed E-state index contributed by atoms with van der Waals surface area (Å²) in [5.74, 6) is 0.588. The maximum Gasteiger partial charge on any atom is 0.340 e. The van der Waals surface area contributed by atoms with Gasteiger partial charge in [-0.2, -0.15) is 0 Å². The van der Waals surface area contributed by atoms with Gasteiger partial charge in [0, 0.05) is 26.9 Å². The maximum atomic E-state index is 12.8. The number of hydrogen-bond acceptors (Lipinski definition) is 7. The van der Waals surface area contributed by atoms with Crippen LogP contribution in [0.4, 0.5) is 0 Å². The van der Waals surface area contributed by atoms with Crippen LogP contribution in [0.3, 0.4) is 0 Å². The van der Waals surface area contributed by atoms with Crippen molar-refractivity contribution in [3.63, 3.8) is 0 Å². The molecule has 186 valence electrons. The summed E-state index contributed by atoms with van der Waals surface area (Å²) in [5, 5.41) is 0. The summed E-state index contributed by atoms with van der Waals surface area (Å²) in [6, 6.07) is 2.11. The van der Waals surface area contributed by atoms with Crippen molar-refractivity contribution in [3.05, 3.63) is 34.4 Å². The van der Waals surface area contributed by atoms with E-state index in [4.69, 9.17) is 23.3 Å². The van der Waals surface area contributed by atoms with E-state index < -0.39 is 13.3 Å². The number of carbonyl (C=O) groups excluding carboxylic acids is 1. The highest BCUT2D eigenvalue weighted by molar-refractivity contribution is 7.55. The predicted octanol–water partition coefficient (Wildman–Crippen LogP) is 5.32. The fourth-order valence-corrected chi connectivity index (χ4v) is 5.15. The minimum Gasteiger partial charge on any atom is -0.467 e. The molecule has 0 saturated heterocycles. The molecule has 1 unspecified atom stereocenters. The fraction of sp³-hybridized carbons (Fsp3) is 0.640. The minimum atomic E-state index is -3.48. The first-order valence-electron chi connectivity index (χ1n) is 11.4. The molecule has 33 heavy (non-hydrogen) atoms. The second-order valence-corrected chi connectivity index (χ2v) is 11.8. The van der Waals surface area contributed by atoms with Crippen molar-refractivity contribution >= 4 is 19.5 Å². The van der Waals surface area contributed by atoms with Crippen LogP contribution in [0.1, 0.15) is 62.8 Å². The lowest BCUT2D eigenvalue weighted by molar-refractivity contribution is -0.114. The summed E-state index contributed by atoms with van der Waals surface area (Å²) in [6.07, 6.45) is 7.32. The third-order valence-corrected chi connectivity index (χ3v) is 8.20. The third-order valence-electron chi connectivity index (χ3n) is 5.98. The van der Waals surface area contributed by atoms with Crippen LogP contribution in [0, 0.1) is 0 Å². The van der Waals surface area contributed by atoms with Crippen LogP contribution in [0.15, 0.2) is 12.1 Å². The summed E-state index contributed by atoms with van der Waals surface area (Å²) >= 11 is 0. The predicted molar refractivity (Wildman–Crippen MR) is 130 cm³/mol. The molecular weight excluding hydrogens is 443 g/mol. The Kier molecular flexibility index (Phi) is 10.3. The third kappa shape index (κ3) is 7.00. The lowest BCUT2D eigenvalue weighted by Gasteiger charge is -2.30. The molecule has 1 aromatic carbocycles. The Bertz CT molecular complexity index is 878. The SMILES string of the molecule is COCCOCOc1c(C(C)(C)C)cc(C=CC(=O)C(C)P(=O)(OC)OC)c2c1CCCC2. The molecule has 1 atom stereocenters. The zero-order valence-electron chi connectivity index (χ0n) is 21.1. The molecule has 0 fully saturated rings. The molecule has 0 bridgehead atoms. The summed E-state index contributed by atoms with van der Waals surface area (Å²) in [7, 11) is 0.744. The van der Waals surface area contributed by atoms with Crippen LogP contribution < -0.4 is 4.74 Å². The first kappa shape index (κ1) is 27.7. The van der Waals surface area contributed by atoms with Gasteiger partial charge in [0.15, 0.2) is 12.6 Å². The number of hydrogen-bond donors (Lipinski definition) is 0. The molecule has 0 spiro atoms. The van der Waals surface area contributed by atoms with Crippen LogP contribution in [-0.4, -0.2) is 52.8 Å². The monoisotopic (exact) mass is 482 g/mol. The van der Waals surface area contributed by atoms with Gasteiger partial charge in [-0.05, 0) is 66.9 Å². The highest BCUT2D eigenvalue weighted by Gasteiger charge is 2.34. The fourth-order valence-electron chi connectivity index (χ4n) is 3.98. The average molecular weight is 483 g/mol. The first-order chi connectivity index (χ1) is 15.6. The zero-order chi connectivity index (χ0) is 24.6. The van der Waals surface area contributed by atoms with E-state index in [-0.39, 0.29) is 18.0 Å². The molecule has 0 heterocycles. The van der Waals surface area contributed by atoms with Gasteiger partial charge in [-0.3, -0.25) is 9.36 Å². The van der Waals surface area contributed by atoms with Crippen LogP contribution >= 0.6 is 7.60 Å². The number of ether oxygens (including phenoxy) is 3. The highest BCUT2D eigenvalue weighted by Crippen LogP contribution is 2.51. The normalized spacial score (nSPS) is 15.5. The van der Waals surface area contributed by atoms with Crippen LogP contribution in [0.5, 0.6) is 5.75 Å². The van der Waals surface area contributed by atoms with Gasteiger partial charge in [0.1, 0.15) is 11.4 Å². The molecule has 0 saturated carbocycles. The Hall–Kier alpha value is -1.50. The zero-order valence-corrected chi connectivity index (χ0v) is 22.0. The molecule has 7 nitrogen and oxygen atoms in total. The Balaban J connectivity index is 2.42. The number of carbonyl (C=O) groups is 1. The topological polar surface area (TPSA) is 80.3 Å². The largest absolute Gasteiger partial charge is 0.467 e. The second kappa shape index (κ2) is 12.3. The summed E-state index contributed by atoms with van der Waals surface area (Å²) < 4.78 is 39.3. The lowest BCUT2D eigenvalue weighted by Crippen LogP contribution is -2.20. The standard InChI is InChI=1S/C25H39O7P/c1-18(33(27,29-6)30-7)23(26)13-12-19-16-22(25(2,3)4)24(32-17-31-15-14-28-5)21-11-9-8-10-20(19)21/h12-13,16,18H,8-11,14-15,17H2,1-7H3. The molecule has 1 aliphatic rings. The number of allylic oxidation sites excluding steroid dienone is 1.